The maximum atomic E-state index is 9.42. The van der Waals surface area contributed by atoms with Crippen molar-refractivity contribution >= 4 is 5.82 Å². The van der Waals surface area contributed by atoms with Gasteiger partial charge in [-0.05, 0) is 42.9 Å². The van der Waals surface area contributed by atoms with Crippen molar-refractivity contribution in [1.29, 1.82) is 0 Å². The van der Waals surface area contributed by atoms with Gasteiger partial charge in [-0.3, -0.25) is 0 Å². The maximum absolute atomic E-state index is 9.42. The number of aromatic nitrogens is 1. The van der Waals surface area contributed by atoms with Gasteiger partial charge in [0.1, 0.15) is 5.82 Å². The Morgan fingerprint density at radius 1 is 1.45 bits per heavy atom. The van der Waals surface area contributed by atoms with Crippen molar-refractivity contribution < 1.29 is 9.84 Å². The molecule has 0 saturated carbocycles. The van der Waals surface area contributed by atoms with E-state index in [0.29, 0.717) is 5.92 Å². The smallest absolute Gasteiger partial charge is 0.129 e. The second kappa shape index (κ2) is 7.60. The molecule has 1 aliphatic rings. The molecule has 0 aromatic carbocycles. The molecule has 1 aromatic heterocycles. The molecule has 4 nitrogen and oxygen atoms in total. The number of anilines is 1. The summed E-state index contributed by atoms with van der Waals surface area (Å²) in [4.78, 5) is 7.10. The van der Waals surface area contributed by atoms with E-state index in [-0.39, 0.29) is 6.61 Å². The molecule has 1 fully saturated rings. The van der Waals surface area contributed by atoms with Crippen molar-refractivity contribution in [2.24, 2.45) is 5.92 Å². The minimum atomic E-state index is 0.0849. The van der Waals surface area contributed by atoms with Gasteiger partial charge in [-0.25, -0.2) is 4.98 Å². The van der Waals surface area contributed by atoms with Crippen molar-refractivity contribution in [3.05, 3.63) is 23.4 Å². The van der Waals surface area contributed by atoms with E-state index in [1.807, 2.05) is 12.1 Å². The lowest BCUT2D eigenvalue weighted by Crippen LogP contribution is -2.37. The van der Waals surface area contributed by atoms with Gasteiger partial charge in [-0.1, -0.05) is 13.3 Å². The van der Waals surface area contributed by atoms with Gasteiger partial charge < -0.3 is 14.7 Å². The third kappa shape index (κ3) is 3.93. The van der Waals surface area contributed by atoms with Crippen LogP contribution in [-0.2, 0) is 17.8 Å². The van der Waals surface area contributed by atoms with Crippen molar-refractivity contribution in [3.8, 4) is 0 Å². The van der Waals surface area contributed by atoms with Crippen molar-refractivity contribution in [2.75, 3.05) is 31.7 Å². The van der Waals surface area contributed by atoms with Crippen LogP contribution in [0.25, 0.3) is 0 Å². The summed E-state index contributed by atoms with van der Waals surface area (Å²) in [6.45, 7) is 5.11. The number of rotatable bonds is 6. The van der Waals surface area contributed by atoms with Crippen molar-refractivity contribution in [2.45, 2.75) is 39.2 Å². The molecule has 20 heavy (non-hydrogen) atoms. The van der Waals surface area contributed by atoms with E-state index >= 15 is 0 Å². The number of hydrogen-bond donors (Lipinski definition) is 1. The highest BCUT2D eigenvalue weighted by molar-refractivity contribution is 5.43. The number of aliphatic hydroxyl groups excluding tert-OH is 1. The van der Waals surface area contributed by atoms with E-state index in [1.165, 1.54) is 12.8 Å². The molecule has 0 aliphatic carbocycles. The van der Waals surface area contributed by atoms with Crippen LogP contribution in [0.4, 0.5) is 5.82 Å². The van der Waals surface area contributed by atoms with Crippen molar-refractivity contribution in [1.82, 2.24) is 4.98 Å². The first kappa shape index (κ1) is 15.3. The van der Waals surface area contributed by atoms with Crippen LogP contribution in [-0.4, -0.2) is 36.9 Å². The number of aryl methyl sites for hydroxylation is 1. The zero-order chi connectivity index (χ0) is 14.4. The Labute approximate surface area is 121 Å². The SMILES string of the molecule is CCCc1cc(CO)cc(N2CCCC(COC)C2)n1. The molecule has 0 spiro atoms. The highest BCUT2D eigenvalue weighted by atomic mass is 16.5. The van der Waals surface area contributed by atoms with Gasteiger partial charge in [0, 0.05) is 25.9 Å². The van der Waals surface area contributed by atoms with Crippen molar-refractivity contribution in [3.63, 3.8) is 0 Å². The fraction of sp³-hybridized carbons (Fsp3) is 0.688. The summed E-state index contributed by atoms with van der Waals surface area (Å²) < 4.78 is 5.29. The highest BCUT2D eigenvalue weighted by Crippen LogP contribution is 2.23. The molecule has 1 aromatic rings. The Bertz CT molecular complexity index is 421. The molecule has 0 radical (unpaired) electrons. The number of hydrogen-bond acceptors (Lipinski definition) is 4. The van der Waals surface area contributed by atoms with Gasteiger partial charge in [-0.2, -0.15) is 0 Å². The molecule has 1 N–H and O–H groups in total. The van der Waals surface area contributed by atoms with Gasteiger partial charge in [-0.15, -0.1) is 0 Å². The minimum absolute atomic E-state index is 0.0849. The molecule has 0 bridgehead atoms. The molecular formula is C16H26N2O2. The lowest BCUT2D eigenvalue weighted by Gasteiger charge is -2.33. The predicted molar refractivity (Wildman–Crippen MR) is 81.0 cm³/mol. The van der Waals surface area contributed by atoms with E-state index in [4.69, 9.17) is 9.72 Å². The minimum Gasteiger partial charge on any atom is -0.392 e. The average Bonchev–Trinajstić information content (AvgIpc) is 2.48. The first-order valence-corrected chi connectivity index (χ1v) is 7.61. The second-order valence-corrected chi connectivity index (χ2v) is 5.64. The normalized spacial score (nSPS) is 19.4. The van der Waals surface area contributed by atoms with Crippen LogP contribution in [0, 0.1) is 5.92 Å². The Balaban J connectivity index is 2.15. The molecule has 1 saturated heterocycles. The van der Waals surface area contributed by atoms with Crippen LogP contribution in [0.15, 0.2) is 12.1 Å². The Morgan fingerprint density at radius 2 is 2.30 bits per heavy atom. The van der Waals surface area contributed by atoms with Gasteiger partial charge >= 0.3 is 0 Å². The number of methoxy groups -OCH3 is 1. The molecule has 2 heterocycles. The second-order valence-electron chi connectivity index (χ2n) is 5.64. The number of ether oxygens (including phenoxy) is 1. The summed E-state index contributed by atoms with van der Waals surface area (Å²) in [5, 5.41) is 9.42. The molecule has 0 amide bonds. The predicted octanol–water partition coefficient (Wildman–Crippen LogP) is 2.39. The maximum Gasteiger partial charge on any atom is 0.129 e. The first-order valence-electron chi connectivity index (χ1n) is 7.61. The van der Waals surface area contributed by atoms with Gasteiger partial charge in [0.05, 0.1) is 13.2 Å². The fourth-order valence-electron chi connectivity index (χ4n) is 2.92. The van der Waals surface area contributed by atoms with Crippen LogP contribution >= 0.6 is 0 Å². The zero-order valence-electron chi connectivity index (χ0n) is 12.6. The lowest BCUT2D eigenvalue weighted by molar-refractivity contribution is 0.143. The van der Waals surface area contributed by atoms with E-state index in [9.17, 15) is 5.11 Å². The average molecular weight is 278 g/mol. The quantitative estimate of drug-likeness (QED) is 0.868. The highest BCUT2D eigenvalue weighted by Gasteiger charge is 2.21. The van der Waals surface area contributed by atoms with Gasteiger partial charge in [0.15, 0.2) is 0 Å². The lowest BCUT2D eigenvalue weighted by atomic mass is 9.99. The van der Waals surface area contributed by atoms with Gasteiger partial charge in [0.2, 0.25) is 0 Å². The summed E-state index contributed by atoms with van der Waals surface area (Å²) in [6, 6.07) is 4.04. The number of piperidine rings is 1. The largest absolute Gasteiger partial charge is 0.392 e. The molecule has 2 rings (SSSR count). The zero-order valence-corrected chi connectivity index (χ0v) is 12.6. The molecule has 4 heteroatoms. The molecular weight excluding hydrogens is 252 g/mol. The summed E-state index contributed by atoms with van der Waals surface area (Å²) in [6.07, 6.45) is 4.46. The third-order valence-electron chi connectivity index (χ3n) is 3.86. The Hall–Kier alpha value is -1.13. The topological polar surface area (TPSA) is 45.6 Å². The van der Waals surface area contributed by atoms with Crippen LogP contribution in [0.3, 0.4) is 0 Å². The summed E-state index contributed by atoms with van der Waals surface area (Å²) >= 11 is 0. The van der Waals surface area contributed by atoms with Crippen LogP contribution in [0.2, 0.25) is 0 Å². The monoisotopic (exact) mass is 278 g/mol. The molecule has 1 unspecified atom stereocenters. The van der Waals surface area contributed by atoms with E-state index in [2.05, 4.69) is 11.8 Å². The summed E-state index contributed by atoms with van der Waals surface area (Å²) in [5.74, 6) is 1.60. The third-order valence-corrected chi connectivity index (χ3v) is 3.86. The first-order chi connectivity index (χ1) is 9.76. The molecule has 1 atom stereocenters. The Kier molecular flexibility index (Phi) is 5.80. The van der Waals surface area contributed by atoms with Crippen LogP contribution < -0.4 is 4.90 Å². The van der Waals surface area contributed by atoms with Crippen LogP contribution in [0.5, 0.6) is 0 Å². The molecule has 112 valence electrons. The van der Waals surface area contributed by atoms with Crippen LogP contribution in [0.1, 0.15) is 37.4 Å². The number of aliphatic hydroxyl groups is 1. The standard InChI is InChI=1S/C16H26N2O2/c1-3-5-15-8-14(11-19)9-16(17-15)18-7-4-6-13(10-18)12-20-2/h8-9,13,19H,3-7,10-12H2,1-2H3. The number of pyridine rings is 1. The van der Waals surface area contributed by atoms with Gasteiger partial charge in [0.25, 0.3) is 0 Å². The summed E-state index contributed by atoms with van der Waals surface area (Å²) in [7, 11) is 1.77. The Morgan fingerprint density at radius 3 is 3.00 bits per heavy atom. The van der Waals surface area contributed by atoms with E-state index in [0.717, 1.165) is 49.6 Å². The van der Waals surface area contributed by atoms with E-state index in [1.54, 1.807) is 7.11 Å². The van der Waals surface area contributed by atoms with E-state index < -0.39 is 0 Å². The fourth-order valence-corrected chi connectivity index (χ4v) is 2.92. The summed E-state index contributed by atoms with van der Waals surface area (Å²) in [5.41, 5.74) is 2.05. The molecule has 1 aliphatic heterocycles. The number of nitrogens with zero attached hydrogens (tertiary/aromatic N) is 2.